The van der Waals surface area contributed by atoms with Gasteiger partial charge in [0.25, 0.3) is 5.56 Å². The number of anilines is 2. The molecule has 0 radical (unpaired) electrons. The van der Waals surface area contributed by atoms with E-state index < -0.39 is 0 Å². The average molecular weight is 408 g/mol. The zero-order chi connectivity index (χ0) is 21.5. The Morgan fingerprint density at radius 1 is 0.933 bits per heavy atom. The first-order valence-electron chi connectivity index (χ1n) is 9.42. The lowest BCUT2D eigenvalue weighted by molar-refractivity contribution is -0.116. The predicted molar refractivity (Wildman–Crippen MR) is 113 cm³/mol. The molecule has 0 bridgehead atoms. The highest BCUT2D eigenvalue weighted by Gasteiger charge is 2.07. The van der Waals surface area contributed by atoms with Crippen LogP contribution < -0.4 is 16.2 Å². The van der Waals surface area contributed by atoms with Crippen molar-refractivity contribution in [3.8, 4) is 11.3 Å². The number of aryl methyl sites for hydroxylation is 1. The number of benzene rings is 2. The zero-order valence-electron chi connectivity index (χ0n) is 16.4. The molecule has 1 aromatic heterocycles. The fourth-order valence-electron chi connectivity index (χ4n) is 2.84. The third-order valence-electron chi connectivity index (χ3n) is 4.27. The summed E-state index contributed by atoms with van der Waals surface area (Å²) in [5.74, 6) is -0.702. The van der Waals surface area contributed by atoms with Crippen molar-refractivity contribution in [1.82, 2.24) is 9.78 Å². The number of carbonyl (C=O) groups excluding carboxylic acids is 2. The molecule has 0 unspecified atom stereocenters. The highest BCUT2D eigenvalue weighted by atomic mass is 19.1. The summed E-state index contributed by atoms with van der Waals surface area (Å²) in [5.41, 5.74) is 2.24. The Bertz CT molecular complexity index is 1090. The lowest BCUT2D eigenvalue weighted by Gasteiger charge is -2.09. The van der Waals surface area contributed by atoms with Crippen molar-refractivity contribution in [2.24, 2.45) is 0 Å². The summed E-state index contributed by atoms with van der Waals surface area (Å²) in [6, 6.07) is 15.6. The van der Waals surface area contributed by atoms with Gasteiger partial charge in [0.1, 0.15) is 5.82 Å². The molecule has 0 aliphatic rings. The molecule has 8 heteroatoms. The fourth-order valence-corrected chi connectivity index (χ4v) is 2.84. The number of aromatic nitrogens is 2. The number of hydrogen-bond acceptors (Lipinski definition) is 4. The molecule has 154 valence electrons. The molecule has 0 fully saturated rings. The zero-order valence-corrected chi connectivity index (χ0v) is 16.4. The summed E-state index contributed by atoms with van der Waals surface area (Å²) in [4.78, 5) is 35.2. The Labute approximate surface area is 172 Å². The van der Waals surface area contributed by atoms with Gasteiger partial charge in [-0.1, -0.05) is 0 Å². The highest BCUT2D eigenvalue weighted by molar-refractivity contribution is 5.92. The van der Waals surface area contributed by atoms with Crippen LogP contribution in [0.3, 0.4) is 0 Å². The van der Waals surface area contributed by atoms with Crippen LogP contribution in [-0.2, 0) is 16.1 Å². The number of rotatable bonds is 7. The number of nitrogens with zero attached hydrogens (tertiary/aromatic N) is 2. The van der Waals surface area contributed by atoms with E-state index in [1.165, 1.54) is 29.8 Å². The Kier molecular flexibility index (Phi) is 6.69. The van der Waals surface area contributed by atoms with E-state index >= 15 is 0 Å². The molecule has 30 heavy (non-hydrogen) atoms. The second-order valence-electron chi connectivity index (χ2n) is 6.70. The van der Waals surface area contributed by atoms with Crippen LogP contribution in [0.25, 0.3) is 11.3 Å². The van der Waals surface area contributed by atoms with Gasteiger partial charge in [-0.25, -0.2) is 9.07 Å². The molecule has 2 amide bonds. The Balaban J connectivity index is 1.55. The number of carbonyl (C=O) groups is 2. The number of halogens is 1. The van der Waals surface area contributed by atoms with Crippen molar-refractivity contribution >= 4 is 23.2 Å². The van der Waals surface area contributed by atoms with Gasteiger partial charge in [-0.05, 0) is 61.0 Å². The third kappa shape index (κ3) is 5.84. The number of amides is 2. The Hall–Kier alpha value is -3.81. The minimum atomic E-state index is -0.345. The lowest BCUT2D eigenvalue weighted by Crippen LogP contribution is -2.23. The van der Waals surface area contributed by atoms with E-state index in [0.29, 0.717) is 29.1 Å². The maximum Gasteiger partial charge on any atom is 0.266 e. The van der Waals surface area contributed by atoms with Gasteiger partial charge in [-0.15, -0.1) is 0 Å². The van der Waals surface area contributed by atoms with Crippen LogP contribution in [0.4, 0.5) is 15.8 Å². The van der Waals surface area contributed by atoms with E-state index in [1.54, 1.807) is 42.5 Å². The monoisotopic (exact) mass is 408 g/mol. The van der Waals surface area contributed by atoms with E-state index in [0.717, 1.165) is 0 Å². The van der Waals surface area contributed by atoms with Crippen molar-refractivity contribution in [1.29, 1.82) is 0 Å². The van der Waals surface area contributed by atoms with E-state index in [9.17, 15) is 18.8 Å². The maximum absolute atomic E-state index is 13.1. The van der Waals surface area contributed by atoms with Crippen LogP contribution >= 0.6 is 0 Å². The van der Waals surface area contributed by atoms with Gasteiger partial charge in [-0.2, -0.15) is 5.10 Å². The molecule has 0 aliphatic heterocycles. The fraction of sp³-hybridized carbons (Fsp3) is 0.182. The van der Waals surface area contributed by atoms with E-state index in [1.807, 2.05) is 0 Å². The van der Waals surface area contributed by atoms with Crippen LogP contribution in [0.2, 0.25) is 0 Å². The first-order chi connectivity index (χ1) is 14.4. The summed E-state index contributed by atoms with van der Waals surface area (Å²) < 4.78 is 14.4. The van der Waals surface area contributed by atoms with Gasteiger partial charge in [0.15, 0.2) is 0 Å². The normalized spacial score (nSPS) is 10.5. The molecule has 0 aliphatic carbocycles. The van der Waals surface area contributed by atoms with Crippen LogP contribution in [0.15, 0.2) is 65.5 Å². The largest absolute Gasteiger partial charge is 0.326 e. The molecule has 0 saturated carbocycles. The molecule has 1 heterocycles. The quantitative estimate of drug-likeness (QED) is 0.626. The highest BCUT2D eigenvalue weighted by Crippen LogP contribution is 2.16. The molecule has 2 aromatic carbocycles. The summed E-state index contributed by atoms with van der Waals surface area (Å²) in [7, 11) is 0. The smallest absolute Gasteiger partial charge is 0.266 e. The average Bonchev–Trinajstić information content (AvgIpc) is 2.71. The molecule has 0 atom stereocenters. The molecule has 0 saturated heterocycles. The molecule has 0 spiro atoms. The van der Waals surface area contributed by atoms with Gasteiger partial charge in [0.2, 0.25) is 11.8 Å². The second-order valence-corrected chi connectivity index (χ2v) is 6.70. The standard InChI is InChI=1S/C22H21FN4O3/c1-15(28)24-18-8-10-19(11-9-18)25-21(29)3-2-14-27-22(30)13-12-20(26-27)16-4-6-17(23)7-5-16/h4-13H,2-3,14H2,1H3,(H,24,28)(H,25,29). The van der Waals surface area contributed by atoms with Crippen LogP contribution in [0.5, 0.6) is 0 Å². The van der Waals surface area contributed by atoms with Gasteiger partial charge in [0, 0.05) is 42.9 Å². The third-order valence-corrected chi connectivity index (χ3v) is 4.27. The van der Waals surface area contributed by atoms with E-state index in [4.69, 9.17) is 0 Å². The summed E-state index contributed by atoms with van der Waals surface area (Å²) in [6.45, 7) is 1.70. The molecular weight excluding hydrogens is 387 g/mol. The SMILES string of the molecule is CC(=O)Nc1ccc(NC(=O)CCCn2nc(-c3ccc(F)cc3)ccc2=O)cc1. The molecule has 3 rings (SSSR count). The van der Waals surface area contributed by atoms with Gasteiger partial charge < -0.3 is 10.6 Å². The summed E-state index contributed by atoms with van der Waals surface area (Å²) in [5, 5.41) is 9.73. The molecule has 7 nitrogen and oxygen atoms in total. The van der Waals surface area contributed by atoms with Gasteiger partial charge in [-0.3, -0.25) is 14.4 Å². The lowest BCUT2D eigenvalue weighted by atomic mass is 10.1. The van der Waals surface area contributed by atoms with Crippen molar-refractivity contribution < 1.29 is 14.0 Å². The number of nitrogens with one attached hydrogen (secondary N) is 2. The second kappa shape index (κ2) is 9.60. The van der Waals surface area contributed by atoms with Crippen LogP contribution in [-0.4, -0.2) is 21.6 Å². The van der Waals surface area contributed by atoms with Crippen LogP contribution in [0, 0.1) is 5.82 Å². The van der Waals surface area contributed by atoms with E-state index in [2.05, 4.69) is 15.7 Å². The minimum absolute atomic E-state index is 0.167. The number of hydrogen-bond donors (Lipinski definition) is 2. The first-order valence-corrected chi connectivity index (χ1v) is 9.42. The topological polar surface area (TPSA) is 93.1 Å². The minimum Gasteiger partial charge on any atom is -0.326 e. The van der Waals surface area contributed by atoms with E-state index in [-0.39, 0.29) is 36.2 Å². The molecule has 3 aromatic rings. The van der Waals surface area contributed by atoms with Crippen molar-refractivity contribution in [2.45, 2.75) is 26.3 Å². The van der Waals surface area contributed by atoms with Crippen LogP contribution in [0.1, 0.15) is 19.8 Å². The van der Waals surface area contributed by atoms with Crippen molar-refractivity contribution in [3.63, 3.8) is 0 Å². The van der Waals surface area contributed by atoms with Crippen molar-refractivity contribution in [2.75, 3.05) is 10.6 Å². The molecular formula is C22H21FN4O3. The summed E-state index contributed by atoms with van der Waals surface area (Å²) in [6.07, 6.45) is 0.637. The van der Waals surface area contributed by atoms with Gasteiger partial charge in [0.05, 0.1) is 5.69 Å². The Morgan fingerprint density at radius 2 is 1.57 bits per heavy atom. The Morgan fingerprint density at radius 3 is 2.20 bits per heavy atom. The predicted octanol–water partition coefficient (Wildman–Crippen LogP) is 3.43. The van der Waals surface area contributed by atoms with Crippen molar-refractivity contribution in [3.05, 3.63) is 76.8 Å². The maximum atomic E-state index is 13.1. The summed E-state index contributed by atoms with van der Waals surface area (Å²) >= 11 is 0. The van der Waals surface area contributed by atoms with Gasteiger partial charge >= 0.3 is 0 Å². The first kappa shape index (κ1) is 20.9. The molecule has 2 N–H and O–H groups in total.